The Bertz CT molecular complexity index is 1070. The minimum atomic E-state index is -0.177. The number of carbonyl (C=O) groups excluding carboxylic acids is 3. The van der Waals surface area contributed by atoms with Crippen molar-refractivity contribution in [3.05, 3.63) is 62.0 Å². The van der Waals surface area contributed by atoms with Gasteiger partial charge in [0.25, 0.3) is 0 Å². The molecule has 1 aliphatic heterocycles. The Hall–Kier alpha value is -2.06. The van der Waals surface area contributed by atoms with E-state index >= 15 is 0 Å². The van der Waals surface area contributed by atoms with Gasteiger partial charge >= 0.3 is 0 Å². The van der Waals surface area contributed by atoms with Gasteiger partial charge in [0.15, 0.2) is 0 Å². The molecule has 1 aliphatic carbocycles. The lowest BCUT2D eigenvalue weighted by Gasteiger charge is -2.37. The number of halogens is 2. The van der Waals surface area contributed by atoms with Gasteiger partial charge in [-0.2, -0.15) is 0 Å². The Labute approximate surface area is 223 Å². The number of nitrogens with zero attached hydrogens (tertiary/aromatic N) is 2. The molecule has 6 nitrogen and oxygen atoms in total. The number of aromatic nitrogens is 1. The van der Waals surface area contributed by atoms with Gasteiger partial charge in [-0.15, -0.1) is 0 Å². The summed E-state index contributed by atoms with van der Waals surface area (Å²) < 4.78 is 1.80. The zero-order valence-electron chi connectivity index (χ0n) is 20.2. The van der Waals surface area contributed by atoms with E-state index in [4.69, 9.17) is 4.98 Å². The summed E-state index contributed by atoms with van der Waals surface area (Å²) >= 11 is 7.26. The SMILES string of the molecule is C/C=C(O)\C=C(\Br)C1=CCCc2cc(Br)cnc2[C@@H]1C1CCN(C(=O)CCC(=O)CC(C)=O)CC1. The maximum absolute atomic E-state index is 12.7. The van der Waals surface area contributed by atoms with Gasteiger partial charge in [-0.3, -0.25) is 19.4 Å². The Morgan fingerprint density at radius 3 is 2.60 bits per heavy atom. The molecule has 1 fully saturated rings. The largest absolute Gasteiger partial charge is 0.508 e. The Balaban J connectivity index is 1.78. The number of allylic oxidation sites excluding steroid dienone is 5. The summed E-state index contributed by atoms with van der Waals surface area (Å²) in [6.07, 6.45) is 11.1. The number of amides is 1. The fraction of sp³-hybridized carbons (Fsp3) is 0.481. The second-order valence-corrected chi connectivity index (χ2v) is 11.0. The average molecular weight is 608 g/mol. The van der Waals surface area contributed by atoms with Crippen LogP contribution in [-0.4, -0.2) is 45.6 Å². The van der Waals surface area contributed by atoms with Crippen molar-refractivity contribution in [1.82, 2.24) is 9.88 Å². The van der Waals surface area contributed by atoms with Gasteiger partial charge in [0.1, 0.15) is 17.3 Å². The lowest BCUT2D eigenvalue weighted by atomic mass is 9.76. The zero-order chi connectivity index (χ0) is 25.5. The summed E-state index contributed by atoms with van der Waals surface area (Å²) in [7, 11) is 0. The number of aliphatic hydroxyl groups is 1. The molecule has 0 aromatic carbocycles. The predicted molar refractivity (Wildman–Crippen MR) is 143 cm³/mol. The number of fused-ring (bicyclic) bond motifs is 1. The van der Waals surface area contributed by atoms with Crippen LogP contribution in [-0.2, 0) is 20.8 Å². The molecule has 1 aromatic rings. The third kappa shape index (κ3) is 7.46. The molecule has 1 atom stereocenters. The highest BCUT2D eigenvalue weighted by atomic mass is 79.9. The molecule has 0 spiro atoms. The standard InChI is InChI=1S/C27H32Br2N2O4/c1-3-21(33)15-24(29)23-6-4-5-19-14-20(28)16-30-27(19)26(23)18-9-11-31(12-10-18)25(35)8-7-22(34)13-17(2)32/h3,6,14-16,18,26,33H,4-5,7-13H2,1-2H3/b21-3+,24-15+/t26-/m1/s1. The molecule has 35 heavy (non-hydrogen) atoms. The van der Waals surface area contributed by atoms with Gasteiger partial charge in [-0.25, -0.2) is 0 Å². The number of aliphatic hydroxyl groups excluding tert-OH is 1. The first-order valence-corrected chi connectivity index (χ1v) is 13.6. The number of aryl methyl sites for hydroxylation is 1. The monoisotopic (exact) mass is 606 g/mol. The minimum absolute atomic E-state index is 0.0291. The van der Waals surface area contributed by atoms with Crippen LogP contribution in [0.2, 0.25) is 0 Å². The normalized spacial score (nSPS) is 19.6. The van der Waals surface area contributed by atoms with Crippen molar-refractivity contribution >= 4 is 49.3 Å². The van der Waals surface area contributed by atoms with Crippen molar-refractivity contribution in [2.45, 2.75) is 64.7 Å². The molecule has 0 bridgehead atoms. The van der Waals surface area contributed by atoms with Gasteiger partial charge in [0, 0.05) is 47.0 Å². The molecule has 0 unspecified atom stereocenters. The van der Waals surface area contributed by atoms with Crippen molar-refractivity contribution < 1.29 is 19.5 Å². The van der Waals surface area contributed by atoms with E-state index in [-0.39, 0.29) is 54.3 Å². The van der Waals surface area contributed by atoms with Gasteiger partial charge in [-0.05, 0) is 90.7 Å². The van der Waals surface area contributed by atoms with Crippen molar-refractivity contribution in [3.8, 4) is 0 Å². The highest BCUT2D eigenvalue weighted by molar-refractivity contribution is 9.12. The molecular weight excluding hydrogens is 576 g/mol. The van der Waals surface area contributed by atoms with Gasteiger partial charge in [-0.1, -0.05) is 22.0 Å². The number of likely N-dealkylation sites (tertiary alicyclic amines) is 1. The highest BCUT2D eigenvalue weighted by Gasteiger charge is 2.35. The molecule has 8 heteroatoms. The molecule has 1 N–H and O–H groups in total. The van der Waals surface area contributed by atoms with E-state index in [1.165, 1.54) is 12.5 Å². The van der Waals surface area contributed by atoms with E-state index < -0.39 is 0 Å². The zero-order valence-corrected chi connectivity index (χ0v) is 23.4. The smallest absolute Gasteiger partial charge is 0.223 e. The fourth-order valence-corrected chi connectivity index (χ4v) is 5.92. The van der Waals surface area contributed by atoms with Crippen molar-refractivity contribution in [3.63, 3.8) is 0 Å². The number of pyridine rings is 1. The van der Waals surface area contributed by atoms with Gasteiger partial charge < -0.3 is 10.0 Å². The molecule has 1 amide bonds. The average Bonchev–Trinajstić information content (AvgIpc) is 3.01. The van der Waals surface area contributed by atoms with E-state index in [0.29, 0.717) is 13.1 Å². The van der Waals surface area contributed by atoms with Crippen LogP contribution in [0.5, 0.6) is 0 Å². The van der Waals surface area contributed by atoms with Crippen LogP contribution in [0.3, 0.4) is 0 Å². The minimum Gasteiger partial charge on any atom is -0.508 e. The number of hydrogen-bond donors (Lipinski definition) is 1. The van der Waals surface area contributed by atoms with Crippen LogP contribution in [0, 0.1) is 5.92 Å². The topological polar surface area (TPSA) is 87.6 Å². The van der Waals surface area contributed by atoms with E-state index in [2.05, 4.69) is 44.0 Å². The van der Waals surface area contributed by atoms with Crippen LogP contribution < -0.4 is 0 Å². The molecule has 1 aromatic heterocycles. The quantitative estimate of drug-likeness (QED) is 0.219. The second-order valence-electron chi connectivity index (χ2n) is 9.22. The molecule has 1 saturated heterocycles. The predicted octanol–water partition coefficient (Wildman–Crippen LogP) is 6.11. The van der Waals surface area contributed by atoms with Gasteiger partial charge in [0.05, 0.1) is 12.1 Å². The van der Waals surface area contributed by atoms with Crippen LogP contribution >= 0.6 is 31.9 Å². The summed E-state index contributed by atoms with van der Waals surface area (Å²) in [5.41, 5.74) is 3.39. The lowest BCUT2D eigenvalue weighted by Crippen LogP contribution is -2.40. The molecule has 3 rings (SSSR count). The highest BCUT2D eigenvalue weighted by Crippen LogP contribution is 2.45. The van der Waals surface area contributed by atoms with E-state index in [9.17, 15) is 19.5 Å². The van der Waals surface area contributed by atoms with Crippen LogP contribution in [0.15, 0.2) is 50.8 Å². The van der Waals surface area contributed by atoms with E-state index in [1.54, 1.807) is 19.1 Å². The lowest BCUT2D eigenvalue weighted by molar-refractivity contribution is -0.135. The van der Waals surface area contributed by atoms with E-state index in [0.717, 1.165) is 45.9 Å². The molecule has 0 saturated carbocycles. The Morgan fingerprint density at radius 2 is 1.94 bits per heavy atom. The number of carbonyl (C=O) groups is 3. The van der Waals surface area contributed by atoms with E-state index in [1.807, 2.05) is 11.1 Å². The van der Waals surface area contributed by atoms with Crippen molar-refractivity contribution in [2.75, 3.05) is 13.1 Å². The summed E-state index contributed by atoms with van der Waals surface area (Å²) in [6, 6.07) is 2.14. The van der Waals surface area contributed by atoms with Crippen LogP contribution in [0.4, 0.5) is 0 Å². The molecule has 0 radical (unpaired) electrons. The van der Waals surface area contributed by atoms with Crippen LogP contribution in [0.25, 0.3) is 0 Å². The van der Waals surface area contributed by atoms with Crippen molar-refractivity contribution in [2.24, 2.45) is 5.92 Å². The van der Waals surface area contributed by atoms with Crippen molar-refractivity contribution in [1.29, 1.82) is 0 Å². The summed E-state index contributed by atoms with van der Waals surface area (Å²) in [5, 5.41) is 10.1. The number of ketones is 2. The number of Topliss-reactive ketones (excluding diaryl/α,β-unsaturated/α-hetero) is 2. The Kier molecular flexibility index (Phi) is 10.0. The third-order valence-electron chi connectivity index (χ3n) is 6.65. The van der Waals surface area contributed by atoms with Crippen LogP contribution in [0.1, 0.15) is 69.5 Å². The number of piperidine rings is 1. The molecule has 2 aliphatic rings. The number of hydrogen-bond acceptors (Lipinski definition) is 5. The first-order chi connectivity index (χ1) is 16.7. The molecule has 188 valence electrons. The third-order valence-corrected chi connectivity index (χ3v) is 7.77. The fourth-order valence-electron chi connectivity index (χ4n) is 4.90. The second kappa shape index (κ2) is 12.8. The summed E-state index contributed by atoms with van der Waals surface area (Å²) in [5.74, 6) is 0.153. The summed E-state index contributed by atoms with van der Waals surface area (Å²) in [6.45, 7) is 4.43. The Morgan fingerprint density at radius 1 is 1.23 bits per heavy atom. The molecular formula is C27H32Br2N2O4. The maximum Gasteiger partial charge on any atom is 0.223 e. The van der Waals surface area contributed by atoms with Gasteiger partial charge in [0.2, 0.25) is 5.91 Å². The maximum atomic E-state index is 12.7. The first-order valence-electron chi connectivity index (χ1n) is 12.1. The molecule has 2 heterocycles. The summed E-state index contributed by atoms with van der Waals surface area (Å²) in [4.78, 5) is 42.3. The number of rotatable bonds is 8. The first kappa shape index (κ1) is 27.5.